The maximum Gasteiger partial charge on any atom is 0.433 e. The highest BCUT2D eigenvalue weighted by Crippen LogP contribution is 2.35. The number of carboxylic acid groups (broad SMARTS) is 2. The first-order valence-electron chi connectivity index (χ1n) is 9.90. The lowest BCUT2D eigenvalue weighted by Crippen LogP contribution is -2.41. The Hall–Kier alpha value is -4.36. The molecule has 0 saturated carbocycles. The van der Waals surface area contributed by atoms with Crippen molar-refractivity contribution in [3.63, 3.8) is 0 Å². The molecule has 0 fully saturated rings. The zero-order valence-electron chi connectivity index (χ0n) is 18.3. The van der Waals surface area contributed by atoms with Crippen molar-refractivity contribution in [1.29, 1.82) is 0 Å². The fourth-order valence-corrected chi connectivity index (χ4v) is 3.23. The number of carbonyl (C=O) groups excluding carboxylic acids is 1. The normalized spacial score (nSPS) is 12.3. The summed E-state index contributed by atoms with van der Waals surface area (Å²) < 4.78 is 52.2. The van der Waals surface area contributed by atoms with Gasteiger partial charge >= 0.3 is 18.1 Å². The van der Waals surface area contributed by atoms with Gasteiger partial charge in [-0.2, -0.15) is 18.3 Å². The summed E-state index contributed by atoms with van der Waals surface area (Å²) in [5, 5.41) is 23.8. The average molecular weight is 496 g/mol. The lowest BCUT2D eigenvalue weighted by atomic mass is 10.1. The molecular formula is C21H19F3N4O7. The highest BCUT2D eigenvalue weighted by molar-refractivity contribution is 6.01. The van der Waals surface area contributed by atoms with Crippen LogP contribution >= 0.6 is 0 Å². The van der Waals surface area contributed by atoms with Gasteiger partial charge < -0.3 is 25.0 Å². The van der Waals surface area contributed by atoms with Gasteiger partial charge in [0, 0.05) is 12.0 Å². The number of hydrogen-bond acceptors (Lipinski definition) is 7. The summed E-state index contributed by atoms with van der Waals surface area (Å²) in [4.78, 5) is 39.1. The fourth-order valence-electron chi connectivity index (χ4n) is 3.23. The number of carboxylic acids is 2. The minimum atomic E-state index is -4.88. The number of methoxy groups -OCH3 is 2. The molecule has 0 aliphatic rings. The van der Waals surface area contributed by atoms with Gasteiger partial charge in [0.1, 0.15) is 11.6 Å². The molecule has 3 aromatic rings. The molecule has 0 aliphatic heterocycles. The van der Waals surface area contributed by atoms with E-state index in [9.17, 15) is 32.7 Å². The molecule has 14 heteroatoms. The van der Waals surface area contributed by atoms with Crippen molar-refractivity contribution >= 4 is 23.5 Å². The van der Waals surface area contributed by atoms with Gasteiger partial charge in [0.2, 0.25) is 0 Å². The molecule has 3 N–H and O–H groups in total. The third-order valence-electron chi connectivity index (χ3n) is 4.94. The second-order valence-corrected chi connectivity index (χ2v) is 7.18. The van der Waals surface area contributed by atoms with Gasteiger partial charge in [0.15, 0.2) is 22.8 Å². The van der Waals surface area contributed by atoms with Gasteiger partial charge in [-0.25, -0.2) is 14.3 Å². The van der Waals surface area contributed by atoms with Crippen LogP contribution in [0, 0.1) is 0 Å². The number of nitrogens with zero attached hydrogens (tertiary/aromatic N) is 3. The summed E-state index contributed by atoms with van der Waals surface area (Å²) in [6.07, 6.45) is -5.04. The smallest absolute Gasteiger partial charge is 0.433 e. The van der Waals surface area contributed by atoms with Crippen molar-refractivity contribution < 1.29 is 47.2 Å². The molecule has 2 heterocycles. The largest absolute Gasteiger partial charge is 0.493 e. The standard InChI is InChI=1S/C21H19F3N4O7/c1-34-14-5-3-10(7-15(14)35-2)13-8-16(21(22,23)24)28-18(26-13)11(9-25-28)19(31)27-12(20(32)33)4-6-17(29)30/h3,5,7-9,12H,4,6H2,1-2H3,(H,27,31)(H,29,30)(H,32,33). The van der Waals surface area contributed by atoms with Crippen molar-refractivity contribution in [1.82, 2.24) is 19.9 Å². The van der Waals surface area contributed by atoms with Gasteiger partial charge in [-0.15, -0.1) is 0 Å². The molecule has 0 spiro atoms. The number of halogens is 3. The van der Waals surface area contributed by atoms with E-state index in [-0.39, 0.29) is 17.0 Å². The number of aromatic nitrogens is 3. The summed E-state index contributed by atoms with van der Waals surface area (Å²) in [6.45, 7) is 0. The minimum Gasteiger partial charge on any atom is -0.493 e. The number of amides is 1. The highest BCUT2D eigenvalue weighted by atomic mass is 19.4. The number of aliphatic carboxylic acids is 2. The van der Waals surface area contributed by atoms with Crippen LogP contribution in [0.1, 0.15) is 28.9 Å². The maximum absolute atomic E-state index is 13.8. The quantitative estimate of drug-likeness (QED) is 0.406. The van der Waals surface area contributed by atoms with Crippen LogP contribution in [0.2, 0.25) is 0 Å². The number of benzene rings is 1. The minimum absolute atomic E-state index is 0.166. The molecule has 2 aromatic heterocycles. The Labute approximate surface area is 195 Å². The Bertz CT molecular complexity index is 1290. The van der Waals surface area contributed by atoms with Crippen LogP contribution in [-0.4, -0.2) is 62.9 Å². The average Bonchev–Trinajstić information content (AvgIpc) is 3.23. The van der Waals surface area contributed by atoms with Gasteiger partial charge in [0.05, 0.1) is 26.1 Å². The zero-order valence-corrected chi connectivity index (χ0v) is 18.3. The van der Waals surface area contributed by atoms with Gasteiger partial charge in [-0.1, -0.05) is 0 Å². The monoisotopic (exact) mass is 496 g/mol. The molecule has 0 aliphatic carbocycles. The van der Waals surface area contributed by atoms with E-state index in [1.165, 1.54) is 32.4 Å². The Morgan fingerprint density at radius 3 is 2.37 bits per heavy atom. The molecule has 0 saturated heterocycles. The van der Waals surface area contributed by atoms with Crippen molar-refractivity contribution in [2.75, 3.05) is 14.2 Å². The highest BCUT2D eigenvalue weighted by Gasteiger charge is 2.36. The van der Waals surface area contributed by atoms with E-state index >= 15 is 0 Å². The summed E-state index contributed by atoms with van der Waals surface area (Å²) in [6, 6.07) is 3.47. The molecular weight excluding hydrogens is 477 g/mol. The van der Waals surface area contributed by atoms with Crippen molar-refractivity contribution in [3.05, 3.63) is 41.7 Å². The molecule has 186 valence electrons. The zero-order chi connectivity index (χ0) is 25.9. The number of nitrogens with one attached hydrogen (secondary N) is 1. The Balaban J connectivity index is 2.11. The van der Waals surface area contributed by atoms with E-state index in [4.69, 9.17) is 14.6 Å². The molecule has 1 unspecified atom stereocenters. The van der Waals surface area contributed by atoms with Gasteiger partial charge in [-0.05, 0) is 30.7 Å². The number of carbonyl (C=O) groups is 3. The second-order valence-electron chi connectivity index (χ2n) is 7.18. The first-order valence-corrected chi connectivity index (χ1v) is 9.90. The van der Waals surface area contributed by atoms with E-state index in [1.54, 1.807) is 0 Å². The van der Waals surface area contributed by atoms with Crippen molar-refractivity contribution in [3.8, 4) is 22.8 Å². The molecule has 1 aromatic carbocycles. The molecule has 1 amide bonds. The number of ether oxygens (including phenoxy) is 2. The third kappa shape index (κ3) is 5.42. The third-order valence-corrected chi connectivity index (χ3v) is 4.94. The van der Waals surface area contributed by atoms with Crippen LogP contribution < -0.4 is 14.8 Å². The Kier molecular flexibility index (Phi) is 7.12. The van der Waals surface area contributed by atoms with Crippen LogP contribution in [-0.2, 0) is 15.8 Å². The second kappa shape index (κ2) is 9.87. The van der Waals surface area contributed by atoms with E-state index in [1.807, 2.05) is 0 Å². The number of alkyl halides is 3. The summed E-state index contributed by atoms with van der Waals surface area (Å²) in [5.74, 6) is -3.31. The first kappa shape index (κ1) is 25.3. The van der Waals surface area contributed by atoms with Gasteiger partial charge in [0.25, 0.3) is 5.91 Å². The molecule has 0 bridgehead atoms. The summed E-state index contributed by atoms with van der Waals surface area (Å²) in [7, 11) is 2.74. The van der Waals surface area contributed by atoms with Crippen LogP contribution in [0.5, 0.6) is 11.5 Å². The maximum atomic E-state index is 13.8. The van der Waals surface area contributed by atoms with Gasteiger partial charge in [-0.3, -0.25) is 9.59 Å². The predicted octanol–water partition coefficient (Wildman–Crippen LogP) is 2.48. The Morgan fingerprint density at radius 2 is 1.80 bits per heavy atom. The van der Waals surface area contributed by atoms with Crippen LogP contribution in [0.25, 0.3) is 16.9 Å². The predicted molar refractivity (Wildman–Crippen MR) is 112 cm³/mol. The van der Waals surface area contributed by atoms with Crippen LogP contribution in [0.4, 0.5) is 13.2 Å². The van der Waals surface area contributed by atoms with Crippen LogP contribution in [0.15, 0.2) is 30.5 Å². The molecule has 35 heavy (non-hydrogen) atoms. The lowest BCUT2D eigenvalue weighted by molar-refractivity contribution is -0.143. The van der Waals surface area contributed by atoms with Crippen molar-refractivity contribution in [2.45, 2.75) is 25.1 Å². The molecule has 11 nitrogen and oxygen atoms in total. The molecule has 3 rings (SSSR count). The summed E-state index contributed by atoms with van der Waals surface area (Å²) in [5.41, 5.74) is -2.09. The first-order chi connectivity index (χ1) is 16.5. The number of fused-ring (bicyclic) bond motifs is 1. The lowest BCUT2D eigenvalue weighted by Gasteiger charge is -2.14. The van der Waals surface area contributed by atoms with E-state index in [0.717, 1.165) is 12.3 Å². The molecule has 0 radical (unpaired) electrons. The van der Waals surface area contributed by atoms with E-state index in [2.05, 4.69) is 15.4 Å². The van der Waals surface area contributed by atoms with Crippen molar-refractivity contribution in [2.24, 2.45) is 0 Å². The number of rotatable bonds is 9. The summed E-state index contributed by atoms with van der Waals surface area (Å²) >= 11 is 0. The topological polar surface area (TPSA) is 152 Å². The Morgan fingerprint density at radius 1 is 1.11 bits per heavy atom. The SMILES string of the molecule is COc1ccc(-c2cc(C(F)(F)F)n3ncc(C(=O)NC(CCC(=O)O)C(=O)O)c3n2)cc1OC. The van der Waals surface area contributed by atoms with E-state index < -0.39 is 59.8 Å². The molecule has 1 atom stereocenters. The fraction of sp³-hybridized carbons (Fsp3) is 0.286. The van der Waals surface area contributed by atoms with Crippen LogP contribution in [0.3, 0.4) is 0 Å². The number of hydrogen-bond donors (Lipinski definition) is 3. The van der Waals surface area contributed by atoms with E-state index in [0.29, 0.717) is 10.3 Å².